The van der Waals surface area contributed by atoms with Crippen LogP contribution in [0.15, 0.2) is 42.5 Å². The summed E-state index contributed by atoms with van der Waals surface area (Å²) in [4.78, 5) is 4.55. The molecule has 5 heteroatoms. The molecule has 3 aromatic rings. The molecule has 0 amide bonds. The molecule has 20 heavy (non-hydrogen) atoms. The summed E-state index contributed by atoms with van der Waals surface area (Å²) in [5.41, 5.74) is 8.40. The maximum absolute atomic E-state index is 5.79. The van der Waals surface area contributed by atoms with Gasteiger partial charge in [-0.2, -0.15) is 0 Å². The van der Waals surface area contributed by atoms with Crippen LogP contribution >= 0.6 is 11.3 Å². The van der Waals surface area contributed by atoms with Gasteiger partial charge in [0, 0.05) is 5.69 Å². The Morgan fingerprint density at radius 1 is 1.25 bits per heavy atom. The smallest absolute Gasteiger partial charge is 0.188 e. The molecule has 0 bridgehead atoms. The highest BCUT2D eigenvalue weighted by Crippen LogP contribution is 2.32. The second kappa shape index (κ2) is 5.38. The molecule has 0 aliphatic rings. The third-order valence-electron chi connectivity index (χ3n) is 2.84. The number of benzene rings is 2. The van der Waals surface area contributed by atoms with E-state index >= 15 is 0 Å². The highest BCUT2D eigenvalue weighted by atomic mass is 32.1. The second-order valence-electron chi connectivity index (χ2n) is 4.30. The van der Waals surface area contributed by atoms with Gasteiger partial charge in [0.1, 0.15) is 5.75 Å². The zero-order valence-corrected chi connectivity index (χ0v) is 11.9. The molecule has 0 radical (unpaired) electrons. The van der Waals surface area contributed by atoms with Crippen molar-refractivity contribution in [1.29, 1.82) is 0 Å². The summed E-state index contributed by atoms with van der Waals surface area (Å²) in [5, 5.41) is 4.14. The van der Waals surface area contributed by atoms with Crippen LogP contribution in [0.1, 0.15) is 6.92 Å². The predicted octanol–water partition coefficient (Wildman–Crippen LogP) is 4.02. The molecular weight excluding hydrogens is 270 g/mol. The van der Waals surface area contributed by atoms with Crippen LogP contribution in [-0.2, 0) is 0 Å². The lowest BCUT2D eigenvalue weighted by Gasteiger charge is -2.09. The normalized spacial score (nSPS) is 10.7. The summed E-state index contributed by atoms with van der Waals surface area (Å²) in [6, 6.07) is 13.6. The predicted molar refractivity (Wildman–Crippen MR) is 84.9 cm³/mol. The molecule has 0 fully saturated rings. The number of nitrogens with one attached hydrogen (secondary N) is 1. The van der Waals surface area contributed by atoms with Crippen molar-refractivity contribution in [1.82, 2.24) is 4.98 Å². The summed E-state index contributed by atoms with van der Waals surface area (Å²) >= 11 is 1.58. The van der Waals surface area contributed by atoms with E-state index in [1.54, 1.807) is 11.3 Å². The fourth-order valence-electron chi connectivity index (χ4n) is 1.96. The van der Waals surface area contributed by atoms with E-state index in [0.29, 0.717) is 6.61 Å². The van der Waals surface area contributed by atoms with Crippen molar-refractivity contribution >= 4 is 38.1 Å². The number of para-hydroxylation sites is 2. The van der Waals surface area contributed by atoms with Gasteiger partial charge in [0.15, 0.2) is 5.13 Å². The zero-order valence-electron chi connectivity index (χ0n) is 11.1. The van der Waals surface area contributed by atoms with Crippen molar-refractivity contribution < 1.29 is 4.74 Å². The fraction of sp³-hybridized carbons (Fsp3) is 0.133. The Labute approximate surface area is 121 Å². The topological polar surface area (TPSA) is 60.2 Å². The zero-order chi connectivity index (χ0) is 13.9. The number of rotatable bonds is 4. The monoisotopic (exact) mass is 285 g/mol. The third kappa shape index (κ3) is 2.53. The van der Waals surface area contributed by atoms with E-state index in [2.05, 4.69) is 10.3 Å². The van der Waals surface area contributed by atoms with Crippen LogP contribution in [-0.4, -0.2) is 11.6 Å². The van der Waals surface area contributed by atoms with Crippen LogP contribution in [0.3, 0.4) is 0 Å². The number of hydrogen-bond donors (Lipinski definition) is 2. The number of aromatic nitrogens is 1. The number of thiazole rings is 1. The van der Waals surface area contributed by atoms with Crippen LogP contribution in [0, 0.1) is 0 Å². The largest absolute Gasteiger partial charge is 0.492 e. The van der Waals surface area contributed by atoms with Crippen molar-refractivity contribution in [3.63, 3.8) is 0 Å². The summed E-state index contributed by atoms with van der Waals surface area (Å²) in [6.07, 6.45) is 0. The minimum atomic E-state index is 0.634. The Balaban J connectivity index is 1.93. The van der Waals surface area contributed by atoms with Gasteiger partial charge in [-0.3, -0.25) is 0 Å². The van der Waals surface area contributed by atoms with E-state index in [0.717, 1.165) is 32.5 Å². The van der Waals surface area contributed by atoms with E-state index in [1.165, 1.54) is 0 Å². The van der Waals surface area contributed by atoms with Crippen molar-refractivity contribution in [2.24, 2.45) is 0 Å². The average Bonchev–Trinajstić information content (AvgIpc) is 2.82. The maximum atomic E-state index is 5.79. The number of nitrogens with zero attached hydrogens (tertiary/aromatic N) is 1. The number of hydrogen-bond acceptors (Lipinski definition) is 5. The first-order chi connectivity index (χ1) is 9.76. The number of anilines is 3. The molecule has 0 spiro atoms. The number of ether oxygens (including phenoxy) is 1. The minimum Gasteiger partial charge on any atom is -0.492 e. The Kier molecular flexibility index (Phi) is 3.43. The molecule has 2 aromatic carbocycles. The molecule has 1 aromatic heterocycles. The Morgan fingerprint density at radius 3 is 2.95 bits per heavy atom. The van der Waals surface area contributed by atoms with E-state index < -0.39 is 0 Å². The summed E-state index contributed by atoms with van der Waals surface area (Å²) in [5.74, 6) is 0.828. The van der Waals surface area contributed by atoms with Gasteiger partial charge in [-0.15, -0.1) is 0 Å². The molecule has 0 unspecified atom stereocenters. The van der Waals surface area contributed by atoms with Crippen LogP contribution < -0.4 is 15.8 Å². The lowest BCUT2D eigenvalue weighted by atomic mass is 10.3. The molecule has 0 aliphatic heterocycles. The lowest BCUT2D eigenvalue weighted by molar-refractivity contribution is 0.342. The molecule has 0 saturated carbocycles. The molecular formula is C15H15N3OS. The summed E-state index contributed by atoms with van der Waals surface area (Å²) in [6.45, 7) is 2.60. The van der Waals surface area contributed by atoms with Crippen LogP contribution in [0.25, 0.3) is 10.2 Å². The SMILES string of the molecule is CCOc1ccccc1Nc1nc2ccc(N)cc2s1. The number of nitrogen functional groups attached to an aromatic ring is 1. The van der Waals surface area contributed by atoms with Gasteiger partial charge in [0.05, 0.1) is 22.5 Å². The van der Waals surface area contributed by atoms with E-state index in [-0.39, 0.29) is 0 Å². The van der Waals surface area contributed by atoms with Gasteiger partial charge in [-0.1, -0.05) is 23.5 Å². The highest BCUT2D eigenvalue weighted by Gasteiger charge is 2.07. The fourth-order valence-corrected chi connectivity index (χ4v) is 2.89. The number of fused-ring (bicyclic) bond motifs is 1. The average molecular weight is 285 g/mol. The van der Waals surface area contributed by atoms with Crippen molar-refractivity contribution in [3.8, 4) is 5.75 Å². The molecule has 3 rings (SSSR count). The quantitative estimate of drug-likeness (QED) is 0.711. The van der Waals surface area contributed by atoms with Crippen molar-refractivity contribution in [2.45, 2.75) is 6.92 Å². The molecule has 0 aliphatic carbocycles. The summed E-state index contributed by atoms with van der Waals surface area (Å²) < 4.78 is 6.67. The molecule has 102 valence electrons. The van der Waals surface area contributed by atoms with Crippen LogP contribution in [0.4, 0.5) is 16.5 Å². The maximum Gasteiger partial charge on any atom is 0.188 e. The first-order valence-electron chi connectivity index (χ1n) is 6.41. The van der Waals surface area contributed by atoms with Gasteiger partial charge >= 0.3 is 0 Å². The lowest BCUT2D eigenvalue weighted by Crippen LogP contribution is -1.97. The standard InChI is InChI=1S/C15H15N3OS/c1-2-19-13-6-4-3-5-11(13)17-15-18-12-8-7-10(16)9-14(12)20-15/h3-9H,2,16H2,1H3,(H,17,18). The molecule has 1 heterocycles. The van der Waals surface area contributed by atoms with E-state index in [9.17, 15) is 0 Å². The van der Waals surface area contributed by atoms with E-state index in [4.69, 9.17) is 10.5 Å². The Hall–Kier alpha value is -2.27. The Bertz CT molecular complexity index is 739. The third-order valence-corrected chi connectivity index (χ3v) is 3.77. The van der Waals surface area contributed by atoms with E-state index in [1.807, 2.05) is 49.4 Å². The van der Waals surface area contributed by atoms with Gasteiger partial charge in [0.2, 0.25) is 0 Å². The summed E-state index contributed by atoms with van der Waals surface area (Å²) in [7, 11) is 0. The van der Waals surface area contributed by atoms with Gasteiger partial charge in [-0.05, 0) is 37.3 Å². The van der Waals surface area contributed by atoms with Gasteiger partial charge < -0.3 is 15.8 Å². The number of nitrogens with two attached hydrogens (primary N) is 1. The molecule has 0 atom stereocenters. The first-order valence-corrected chi connectivity index (χ1v) is 7.23. The van der Waals surface area contributed by atoms with Crippen LogP contribution in [0.2, 0.25) is 0 Å². The van der Waals surface area contributed by atoms with Crippen LogP contribution in [0.5, 0.6) is 5.75 Å². The highest BCUT2D eigenvalue weighted by molar-refractivity contribution is 7.22. The second-order valence-corrected chi connectivity index (χ2v) is 5.33. The molecule has 0 saturated heterocycles. The van der Waals surface area contributed by atoms with Gasteiger partial charge in [-0.25, -0.2) is 4.98 Å². The first kappa shape index (κ1) is 12.7. The Morgan fingerprint density at radius 2 is 2.10 bits per heavy atom. The molecule has 3 N–H and O–H groups in total. The van der Waals surface area contributed by atoms with Crippen molar-refractivity contribution in [3.05, 3.63) is 42.5 Å². The minimum absolute atomic E-state index is 0.634. The molecule has 4 nitrogen and oxygen atoms in total. The van der Waals surface area contributed by atoms with Gasteiger partial charge in [0.25, 0.3) is 0 Å². The van der Waals surface area contributed by atoms with Crippen molar-refractivity contribution in [2.75, 3.05) is 17.7 Å².